The van der Waals surface area contributed by atoms with Crippen molar-refractivity contribution in [1.29, 1.82) is 0 Å². The van der Waals surface area contributed by atoms with Crippen LogP contribution in [-0.4, -0.2) is 35.5 Å². The molecule has 1 unspecified atom stereocenters. The first-order chi connectivity index (χ1) is 11.1. The van der Waals surface area contributed by atoms with Crippen LogP contribution in [0, 0.1) is 17.0 Å². The van der Waals surface area contributed by atoms with E-state index in [-0.39, 0.29) is 19.4 Å². The largest absolute Gasteiger partial charge is 0.481 e. The van der Waals surface area contributed by atoms with Crippen molar-refractivity contribution in [3.8, 4) is 0 Å². The van der Waals surface area contributed by atoms with Crippen molar-refractivity contribution in [3.05, 3.63) is 29.8 Å². The summed E-state index contributed by atoms with van der Waals surface area (Å²) in [6, 6.07) is 2.36. The van der Waals surface area contributed by atoms with Gasteiger partial charge >= 0.3 is 5.97 Å². The molecular formula is C16H18F2N2O4. The van der Waals surface area contributed by atoms with E-state index in [0.29, 0.717) is 0 Å². The fourth-order valence-electron chi connectivity index (χ4n) is 2.51. The van der Waals surface area contributed by atoms with Gasteiger partial charge in [0, 0.05) is 13.0 Å². The number of benzene rings is 1. The summed E-state index contributed by atoms with van der Waals surface area (Å²) < 4.78 is 27.6. The van der Waals surface area contributed by atoms with E-state index in [4.69, 9.17) is 5.11 Å². The van der Waals surface area contributed by atoms with E-state index in [1.807, 2.05) is 0 Å². The summed E-state index contributed by atoms with van der Waals surface area (Å²) in [6.45, 7) is 2.85. The van der Waals surface area contributed by atoms with Crippen LogP contribution in [0.5, 0.6) is 0 Å². The monoisotopic (exact) mass is 340 g/mol. The van der Waals surface area contributed by atoms with Crippen molar-refractivity contribution >= 4 is 23.5 Å². The lowest BCUT2D eigenvalue weighted by molar-refractivity contribution is -0.149. The van der Waals surface area contributed by atoms with Gasteiger partial charge in [-0.3, -0.25) is 14.4 Å². The van der Waals surface area contributed by atoms with Gasteiger partial charge in [-0.15, -0.1) is 0 Å². The molecule has 0 aromatic heterocycles. The van der Waals surface area contributed by atoms with Crippen molar-refractivity contribution in [1.82, 2.24) is 5.32 Å². The summed E-state index contributed by atoms with van der Waals surface area (Å²) in [7, 11) is 0. The molecule has 1 aromatic carbocycles. The molecule has 2 rings (SSSR count). The van der Waals surface area contributed by atoms with Crippen molar-refractivity contribution in [3.63, 3.8) is 0 Å². The molecule has 1 heterocycles. The number of carbonyl (C=O) groups excluding carboxylic acids is 2. The molecule has 1 aromatic rings. The molecule has 0 saturated carbocycles. The second kappa shape index (κ2) is 6.54. The first kappa shape index (κ1) is 17.8. The number of amides is 2. The van der Waals surface area contributed by atoms with E-state index >= 15 is 0 Å². The van der Waals surface area contributed by atoms with E-state index in [9.17, 15) is 23.2 Å². The van der Waals surface area contributed by atoms with E-state index in [2.05, 4.69) is 5.32 Å². The van der Waals surface area contributed by atoms with Crippen LogP contribution < -0.4 is 10.2 Å². The zero-order chi connectivity index (χ0) is 18.1. The van der Waals surface area contributed by atoms with Gasteiger partial charge in [-0.1, -0.05) is 6.07 Å². The number of rotatable bonds is 5. The first-order valence-corrected chi connectivity index (χ1v) is 7.41. The molecule has 1 aliphatic heterocycles. The van der Waals surface area contributed by atoms with Gasteiger partial charge in [0.05, 0.1) is 5.41 Å². The highest BCUT2D eigenvalue weighted by molar-refractivity contribution is 6.01. The predicted octanol–water partition coefficient (Wildman–Crippen LogP) is 1.69. The number of hydrogen-bond acceptors (Lipinski definition) is 3. The van der Waals surface area contributed by atoms with Gasteiger partial charge < -0.3 is 15.3 Å². The molecule has 1 saturated heterocycles. The average molecular weight is 340 g/mol. The van der Waals surface area contributed by atoms with Crippen LogP contribution in [0.4, 0.5) is 14.5 Å². The number of halogens is 2. The van der Waals surface area contributed by atoms with E-state index in [1.165, 1.54) is 19.9 Å². The third kappa shape index (κ3) is 3.52. The van der Waals surface area contributed by atoms with Crippen LogP contribution in [0.1, 0.15) is 26.7 Å². The second-order valence-electron chi connectivity index (χ2n) is 6.33. The molecule has 130 valence electrons. The minimum absolute atomic E-state index is 0.0595. The Hall–Kier alpha value is -2.51. The lowest BCUT2D eigenvalue weighted by Crippen LogP contribution is -2.43. The number of carbonyl (C=O) groups is 3. The molecule has 0 aliphatic carbocycles. The number of para-hydroxylation sites is 1. The number of hydrogen-bond donors (Lipinski definition) is 2. The Labute approximate surface area is 137 Å². The molecule has 1 atom stereocenters. The number of nitrogens with zero attached hydrogens (tertiary/aromatic N) is 1. The van der Waals surface area contributed by atoms with Crippen molar-refractivity contribution in [2.24, 2.45) is 5.41 Å². The Balaban J connectivity index is 2.07. The smallest absolute Gasteiger partial charge is 0.309 e. The highest BCUT2D eigenvalue weighted by atomic mass is 19.1. The van der Waals surface area contributed by atoms with Crippen LogP contribution in [0.2, 0.25) is 0 Å². The molecule has 0 spiro atoms. The zero-order valence-corrected chi connectivity index (χ0v) is 13.3. The summed E-state index contributed by atoms with van der Waals surface area (Å²) >= 11 is 0. The highest BCUT2D eigenvalue weighted by Crippen LogP contribution is 2.28. The molecule has 6 nitrogen and oxygen atoms in total. The number of carboxylic acids is 1. The van der Waals surface area contributed by atoms with Gasteiger partial charge in [0.25, 0.3) is 0 Å². The summed E-state index contributed by atoms with van der Waals surface area (Å²) in [4.78, 5) is 36.2. The molecular weight excluding hydrogens is 322 g/mol. The maximum atomic E-state index is 13.8. The van der Waals surface area contributed by atoms with Gasteiger partial charge in [-0.05, 0) is 32.4 Å². The molecule has 0 radical (unpaired) electrons. The van der Waals surface area contributed by atoms with E-state index in [0.717, 1.165) is 17.0 Å². The third-order valence-electron chi connectivity index (χ3n) is 3.93. The maximum absolute atomic E-state index is 13.8. The molecule has 1 aliphatic rings. The molecule has 0 bridgehead atoms. The van der Waals surface area contributed by atoms with Gasteiger partial charge in [0.15, 0.2) is 0 Å². The molecule has 2 N–H and O–H groups in total. The van der Waals surface area contributed by atoms with Crippen molar-refractivity contribution in [2.45, 2.75) is 32.7 Å². The summed E-state index contributed by atoms with van der Waals surface area (Å²) in [5, 5.41) is 11.5. The Bertz CT molecular complexity index is 670. The van der Waals surface area contributed by atoms with Crippen LogP contribution in [0.15, 0.2) is 18.2 Å². The zero-order valence-electron chi connectivity index (χ0n) is 13.3. The van der Waals surface area contributed by atoms with Crippen LogP contribution in [-0.2, 0) is 14.4 Å². The number of carboxylic acid groups (broad SMARTS) is 1. The minimum atomic E-state index is -1.27. The Morgan fingerprint density at radius 3 is 2.46 bits per heavy atom. The molecule has 8 heteroatoms. The number of nitrogens with one attached hydrogen (secondary N) is 1. The van der Waals surface area contributed by atoms with Gasteiger partial charge in [-0.25, -0.2) is 8.78 Å². The van der Waals surface area contributed by atoms with Crippen LogP contribution in [0.3, 0.4) is 0 Å². The summed E-state index contributed by atoms with van der Waals surface area (Å²) in [5.41, 5.74) is -1.71. The average Bonchev–Trinajstić information content (AvgIpc) is 2.80. The second-order valence-corrected chi connectivity index (χ2v) is 6.33. The van der Waals surface area contributed by atoms with Gasteiger partial charge in [-0.2, -0.15) is 0 Å². The summed E-state index contributed by atoms with van der Waals surface area (Å²) in [6.07, 6.45) is -0.119. The normalized spacial score (nSPS) is 17.9. The Kier molecular flexibility index (Phi) is 4.86. The fraction of sp³-hybridized carbons (Fsp3) is 0.438. The number of aliphatic carboxylic acids is 1. The lowest BCUT2D eigenvalue weighted by atomic mass is 9.89. The number of anilines is 1. The van der Waals surface area contributed by atoms with E-state index in [1.54, 1.807) is 0 Å². The van der Waals surface area contributed by atoms with Crippen LogP contribution in [0.25, 0.3) is 0 Å². The fourth-order valence-corrected chi connectivity index (χ4v) is 2.51. The Morgan fingerprint density at radius 2 is 1.92 bits per heavy atom. The van der Waals surface area contributed by atoms with E-state index < -0.39 is 46.6 Å². The SMILES string of the molecule is CC(C)(CC(=O)NC1CCN(c2c(F)cccc2F)C1=O)C(=O)O. The quantitative estimate of drug-likeness (QED) is 0.854. The van der Waals surface area contributed by atoms with Crippen molar-refractivity contribution in [2.75, 3.05) is 11.4 Å². The predicted molar refractivity (Wildman–Crippen MR) is 81.3 cm³/mol. The van der Waals surface area contributed by atoms with Crippen molar-refractivity contribution < 1.29 is 28.3 Å². The minimum Gasteiger partial charge on any atom is -0.481 e. The van der Waals surface area contributed by atoms with Gasteiger partial charge in [0.2, 0.25) is 11.8 Å². The Morgan fingerprint density at radius 1 is 1.33 bits per heavy atom. The highest BCUT2D eigenvalue weighted by Gasteiger charge is 2.37. The standard InChI is InChI=1S/C16H18F2N2O4/c1-16(2,15(23)24)8-12(21)19-11-6-7-20(14(11)22)13-9(17)4-3-5-10(13)18/h3-5,11H,6-8H2,1-2H3,(H,19,21)(H,23,24). The van der Waals surface area contributed by atoms with Gasteiger partial charge in [0.1, 0.15) is 23.4 Å². The lowest BCUT2D eigenvalue weighted by Gasteiger charge is -2.21. The molecule has 1 fully saturated rings. The topological polar surface area (TPSA) is 86.7 Å². The molecule has 2 amide bonds. The third-order valence-corrected chi connectivity index (χ3v) is 3.93. The summed E-state index contributed by atoms with van der Waals surface area (Å²) in [5.74, 6) is -4.08. The van der Waals surface area contributed by atoms with Crippen LogP contribution >= 0.6 is 0 Å². The first-order valence-electron chi connectivity index (χ1n) is 7.41. The maximum Gasteiger partial charge on any atom is 0.309 e. The molecule has 24 heavy (non-hydrogen) atoms.